The molecule has 2 rings (SSSR count). The lowest BCUT2D eigenvalue weighted by Crippen LogP contribution is -2.26. The molecule has 2 aromatic rings. The van der Waals surface area contributed by atoms with Gasteiger partial charge in [0, 0.05) is 23.5 Å². The quantitative estimate of drug-likeness (QED) is 0.766. The van der Waals surface area contributed by atoms with Gasteiger partial charge in [0.2, 0.25) is 10.0 Å². The fourth-order valence-corrected chi connectivity index (χ4v) is 4.71. The molecule has 0 aliphatic heterocycles. The van der Waals surface area contributed by atoms with E-state index in [2.05, 4.69) is 0 Å². The van der Waals surface area contributed by atoms with Crippen molar-refractivity contribution in [2.24, 2.45) is 0 Å². The van der Waals surface area contributed by atoms with Crippen LogP contribution in [0.25, 0.3) is 0 Å². The first-order valence-electron chi connectivity index (χ1n) is 5.78. The number of alkyl halides is 1. The number of thiophene rings is 1. The molecule has 0 fully saturated rings. The minimum absolute atomic E-state index is 0.195. The SMILES string of the molecule is CN(Cc1ccc(Cl)cc1)S(=O)(=O)c1ccsc1CCl. The highest BCUT2D eigenvalue weighted by molar-refractivity contribution is 7.89. The number of hydrogen-bond acceptors (Lipinski definition) is 3. The van der Waals surface area contributed by atoms with Crippen molar-refractivity contribution in [3.63, 3.8) is 0 Å². The molecule has 0 amide bonds. The smallest absolute Gasteiger partial charge is 0.207 e. The molecule has 7 heteroatoms. The van der Waals surface area contributed by atoms with E-state index in [1.165, 1.54) is 15.6 Å². The Morgan fingerprint density at radius 3 is 2.45 bits per heavy atom. The van der Waals surface area contributed by atoms with Gasteiger partial charge in [-0.15, -0.1) is 22.9 Å². The lowest BCUT2D eigenvalue weighted by Gasteiger charge is -2.17. The van der Waals surface area contributed by atoms with Crippen molar-refractivity contribution in [2.45, 2.75) is 17.3 Å². The molecule has 0 aliphatic rings. The number of sulfonamides is 1. The van der Waals surface area contributed by atoms with Gasteiger partial charge in [-0.2, -0.15) is 4.31 Å². The lowest BCUT2D eigenvalue weighted by molar-refractivity contribution is 0.466. The van der Waals surface area contributed by atoms with Gasteiger partial charge < -0.3 is 0 Å². The molecule has 0 saturated heterocycles. The van der Waals surface area contributed by atoms with Crippen LogP contribution in [0.1, 0.15) is 10.4 Å². The van der Waals surface area contributed by atoms with E-state index in [1.54, 1.807) is 30.6 Å². The predicted octanol–water partition coefficient (Wildman–Crippen LogP) is 3.96. The molecule has 0 N–H and O–H groups in total. The van der Waals surface area contributed by atoms with E-state index in [9.17, 15) is 8.42 Å². The van der Waals surface area contributed by atoms with E-state index >= 15 is 0 Å². The van der Waals surface area contributed by atoms with Crippen molar-refractivity contribution in [3.8, 4) is 0 Å². The number of hydrogen-bond donors (Lipinski definition) is 0. The van der Waals surface area contributed by atoms with Crippen LogP contribution in [0, 0.1) is 0 Å². The topological polar surface area (TPSA) is 37.4 Å². The number of halogens is 2. The Hall–Kier alpha value is -0.590. The second kappa shape index (κ2) is 6.45. The summed E-state index contributed by atoms with van der Waals surface area (Å²) in [4.78, 5) is 0.948. The van der Waals surface area contributed by atoms with Crippen molar-refractivity contribution in [1.29, 1.82) is 0 Å². The van der Waals surface area contributed by atoms with Crippen molar-refractivity contribution >= 4 is 44.6 Å². The van der Waals surface area contributed by atoms with Crippen LogP contribution in [-0.2, 0) is 22.4 Å². The maximum Gasteiger partial charge on any atom is 0.244 e. The summed E-state index contributed by atoms with van der Waals surface area (Å²) in [5.74, 6) is 0.195. The van der Waals surface area contributed by atoms with Crippen LogP contribution in [-0.4, -0.2) is 19.8 Å². The number of rotatable bonds is 5. The summed E-state index contributed by atoms with van der Waals surface area (Å²) in [7, 11) is -1.97. The maximum atomic E-state index is 12.5. The fourth-order valence-electron chi connectivity index (χ4n) is 1.76. The van der Waals surface area contributed by atoms with Crippen LogP contribution >= 0.6 is 34.5 Å². The van der Waals surface area contributed by atoms with Crippen LogP contribution < -0.4 is 0 Å². The Kier molecular flexibility index (Phi) is 5.09. The largest absolute Gasteiger partial charge is 0.244 e. The summed E-state index contributed by atoms with van der Waals surface area (Å²) in [6, 6.07) is 8.70. The van der Waals surface area contributed by atoms with E-state index in [0.29, 0.717) is 9.90 Å². The van der Waals surface area contributed by atoms with Crippen molar-refractivity contribution in [2.75, 3.05) is 7.05 Å². The molecule has 0 spiro atoms. The van der Waals surface area contributed by atoms with Crippen LogP contribution in [0.15, 0.2) is 40.6 Å². The molecular weight excluding hydrogens is 337 g/mol. The molecule has 0 aliphatic carbocycles. The minimum Gasteiger partial charge on any atom is -0.207 e. The Labute approximate surface area is 132 Å². The Bertz CT molecular complexity index is 681. The van der Waals surface area contributed by atoms with Gasteiger partial charge in [-0.1, -0.05) is 23.7 Å². The predicted molar refractivity (Wildman–Crippen MR) is 84.0 cm³/mol. The van der Waals surface area contributed by atoms with Gasteiger partial charge in [0.15, 0.2) is 0 Å². The second-order valence-electron chi connectivity index (χ2n) is 4.23. The van der Waals surface area contributed by atoms with E-state index in [0.717, 1.165) is 5.56 Å². The van der Waals surface area contributed by atoms with Gasteiger partial charge >= 0.3 is 0 Å². The van der Waals surface area contributed by atoms with Gasteiger partial charge in [0.05, 0.1) is 10.8 Å². The summed E-state index contributed by atoms with van der Waals surface area (Å²) in [6.07, 6.45) is 0. The number of benzene rings is 1. The Balaban J connectivity index is 2.23. The molecule has 0 unspecified atom stereocenters. The molecule has 0 bridgehead atoms. The maximum absolute atomic E-state index is 12.5. The van der Waals surface area contributed by atoms with E-state index in [4.69, 9.17) is 23.2 Å². The summed E-state index contributed by atoms with van der Waals surface area (Å²) >= 11 is 12.9. The molecule has 1 aromatic heterocycles. The van der Waals surface area contributed by atoms with Gasteiger partial charge in [-0.25, -0.2) is 8.42 Å². The summed E-state index contributed by atoms with van der Waals surface area (Å²) in [5.41, 5.74) is 0.878. The normalized spacial score (nSPS) is 12.0. The van der Waals surface area contributed by atoms with Gasteiger partial charge in [-0.3, -0.25) is 0 Å². The summed E-state index contributed by atoms with van der Waals surface area (Å²) < 4.78 is 26.3. The van der Waals surface area contributed by atoms with Crippen molar-refractivity contribution < 1.29 is 8.42 Å². The van der Waals surface area contributed by atoms with E-state index < -0.39 is 10.0 Å². The highest BCUT2D eigenvalue weighted by Gasteiger charge is 2.24. The van der Waals surface area contributed by atoms with Gasteiger partial charge in [0.1, 0.15) is 0 Å². The van der Waals surface area contributed by atoms with Crippen LogP contribution in [0.4, 0.5) is 0 Å². The molecule has 0 saturated carbocycles. The van der Waals surface area contributed by atoms with Crippen molar-refractivity contribution in [3.05, 3.63) is 51.2 Å². The Morgan fingerprint density at radius 2 is 1.85 bits per heavy atom. The van der Waals surface area contributed by atoms with E-state index in [1.807, 2.05) is 12.1 Å². The molecule has 1 heterocycles. The zero-order valence-corrected chi connectivity index (χ0v) is 13.9. The third-order valence-corrected chi connectivity index (χ3v) is 6.45. The molecule has 108 valence electrons. The number of nitrogens with zero attached hydrogens (tertiary/aromatic N) is 1. The highest BCUT2D eigenvalue weighted by Crippen LogP contribution is 2.26. The monoisotopic (exact) mass is 349 g/mol. The van der Waals surface area contributed by atoms with Crippen molar-refractivity contribution in [1.82, 2.24) is 4.31 Å². The summed E-state index contributed by atoms with van der Waals surface area (Å²) in [5, 5.41) is 2.36. The Morgan fingerprint density at radius 1 is 1.20 bits per heavy atom. The first-order chi connectivity index (χ1) is 9.45. The molecule has 0 atom stereocenters. The zero-order valence-electron chi connectivity index (χ0n) is 10.7. The van der Waals surface area contributed by atoms with E-state index in [-0.39, 0.29) is 17.3 Å². The first-order valence-corrected chi connectivity index (χ1v) is 9.01. The van der Waals surface area contributed by atoms with Crippen LogP contribution in [0.3, 0.4) is 0 Å². The van der Waals surface area contributed by atoms with Crippen LogP contribution in [0.5, 0.6) is 0 Å². The second-order valence-corrected chi connectivity index (χ2v) is 7.95. The molecule has 3 nitrogen and oxygen atoms in total. The van der Waals surface area contributed by atoms with Crippen LogP contribution in [0.2, 0.25) is 5.02 Å². The molecule has 20 heavy (non-hydrogen) atoms. The van der Waals surface area contributed by atoms with Gasteiger partial charge in [-0.05, 0) is 29.1 Å². The first kappa shape index (κ1) is 15.8. The van der Waals surface area contributed by atoms with Gasteiger partial charge in [0.25, 0.3) is 0 Å². The third kappa shape index (κ3) is 3.35. The average Bonchev–Trinajstić information content (AvgIpc) is 2.90. The highest BCUT2D eigenvalue weighted by atomic mass is 35.5. The zero-order chi connectivity index (χ0) is 14.8. The average molecular weight is 350 g/mol. The minimum atomic E-state index is -3.52. The molecular formula is C13H13Cl2NO2S2. The molecule has 0 radical (unpaired) electrons. The molecule has 1 aromatic carbocycles. The lowest BCUT2D eigenvalue weighted by atomic mass is 10.2. The standard InChI is InChI=1S/C13H13Cl2NO2S2/c1-16(9-10-2-4-11(15)5-3-10)20(17,18)13-6-7-19-12(13)8-14/h2-7H,8-9H2,1H3. The third-order valence-electron chi connectivity index (χ3n) is 2.83. The summed E-state index contributed by atoms with van der Waals surface area (Å²) in [6.45, 7) is 0.289. The fraction of sp³-hybridized carbons (Fsp3) is 0.231.